The average molecular weight is 371 g/mol. The van der Waals surface area contributed by atoms with Crippen LogP contribution in [-0.2, 0) is 0 Å². The first-order chi connectivity index (χ1) is 13.1. The van der Waals surface area contributed by atoms with Crippen LogP contribution in [0.15, 0.2) is 28.9 Å². The molecule has 0 atom stereocenters. The number of hydrogen-bond acceptors (Lipinski definition) is 4. The van der Waals surface area contributed by atoms with Crippen LogP contribution in [0.2, 0.25) is 0 Å². The number of carbonyl (C=O) groups excluding carboxylic acids is 2. The van der Waals surface area contributed by atoms with Crippen molar-refractivity contribution in [3.05, 3.63) is 35.9 Å². The lowest BCUT2D eigenvalue weighted by molar-refractivity contribution is 0.0640. The molecule has 8 nitrogen and oxygen atoms in total. The van der Waals surface area contributed by atoms with Gasteiger partial charge in [-0.3, -0.25) is 10.1 Å². The molecule has 0 spiro atoms. The maximum atomic E-state index is 12.7. The standard InChI is InChI=1S/C19H25N5O3/c1-14-13-17(24(21-14)15-5-2-3-6-15)20-19(26)23-10-8-22(9-11-23)18(25)16-7-4-12-27-16/h4,7,12-13,15H,2-3,5-6,8-11H2,1H3,(H,20,26). The molecule has 0 aromatic carbocycles. The van der Waals surface area contributed by atoms with Crippen LogP contribution >= 0.6 is 0 Å². The van der Waals surface area contributed by atoms with Gasteiger partial charge < -0.3 is 14.2 Å². The third-order valence-corrected chi connectivity index (χ3v) is 5.35. The zero-order valence-corrected chi connectivity index (χ0v) is 15.6. The van der Waals surface area contributed by atoms with E-state index in [1.54, 1.807) is 21.9 Å². The molecule has 3 heterocycles. The Morgan fingerprint density at radius 2 is 1.85 bits per heavy atom. The van der Waals surface area contributed by atoms with Crippen molar-refractivity contribution in [1.29, 1.82) is 0 Å². The second-order valence-corrected chi connectivity index (χ2v) is 7.24. The van der Waals surface area contributed by atoms with Crippen LogP contribution in [0.3, 0.4) is 0 Å². The van der Waals surface area contributed by atoms with Gasteiger partial charge in [0.2, 0.25) is 0 Å². The summed E-state index contributed by atoms with van der Waals surface area (Å²) in [6, 6.07) is 5.52. The lowest BCUT2D eigenvalue weighted by Gasteiger charge is -2.34. The van der Waals surface area contributed by atoms with Crippen molar-refractivity contribution < 1.29 is 14.0 Å². The molecule has 8 heteroatoms. The number of piperazine rings is 1. The highest BCUT2D eigenvalue weighted by Crippen LogP contribution is 2.32. The Morgan fingerprint density at radius 1 is 1.15 bits per heavy atom. The van der Waals surface area contributed by atoms with Crippen molar-refractivity contribution in [2.24, 2.45) is 0 Å². The molecule has 1 saturated carbocycles. The number of amides is 3. The Hall–Kier alpha value is -2.77. The summed E-state index contributed by atoms with van der Waals surface area (Å²) < 4.78 is 7.14. The van der Waals surface area contributed by atoms with Gasteiger partial charge in [-0.25, -0.2) is 9.48 Å². The summed E-state index contributed by atoms with van der Waals surface area (Å²) in [5, 5.41) is 7.59. The van der Waals surface area contributed by atoms with Gasteiger partial charge in [-0.15, -0.1) is 0 Å². The fraction of sp³-hybridized carbons (Fsp3) is 0.526. The molecule has 27 heavy (non-hydrogen) atoms. The first kappa shape index (κ1) is 17.6. The summed E-state index contributed by atoms with van der Waals surface area (Å²) in [4.78, 5) is 28.5. The number of urea groups is 1. The zero-order valence-electron chi connectivity index (χ0n) is 15.6. The normalized spacial score (nSPS) is 18.1. The molecule has 144 valence electrons. The quantitative estimate of drug-likeness (QED) is 0.899. The fourth-order valence-electron chi connectivity index (χ4n) is 3.89. The highest BCUT2D eigenvalue weighted by Gasteiger charge is 2.27. The van der Waals surface area contributed by atoms with Crippen LogP contribution in [0.5, 0.6) is 0 Å². The maximum Gasteiger partial charge on any atom is 0.323 e. The van der Waals surface area contributed by atoms with Gasteiger partial charge in [0, 0.05) is 32.2 Å². The minimum atomic E-state index is -0.140. The maximum absolute atomic E-state index is 12.7. The number of nitrogens with one attached hydrogen (secondary N) is 1. The second kappa shape index (κ2) is 7.46. The largest absolute Gasteiger partial charge is 0.459 e. The van der Waals surface area contributed by atoms with Gasteiger partial charge in [0.15, 0.2) is 5.76 Å². The molecule has 1 saturated heterocycles. The van der Waals surface area contributed by atoms with E-state index in [1.165, 1.54) is 19.1 Å². The molecule has 3 amide bonds. The van der Waals surface area contributed by atoms with E-state index >= 15 is 0 Å². The average Bonchev–Trinajstić information content (AvgIpc) is 3.43. The van der Waals surface area contributed by atoms with Crippen LogP contribution in [0, 0.1) is 6.92 Å². The Balaban J connectivity index is 1.36. The predicted molar refractivity (Wildman–Crippen MR) is 99.7 cm³/mol. The molecule has 1 aliphatic heterocycles. The number of carbonyl (C=O) groups is 2. The summed E-state index contributed by atoms with van der Waals surface area (Å²) in [6.07, 6.45) is 6.13. The SMILES string of the molecule is Cc1cc(NC(=O)N2CCN(C(=O)c3ccco3)CC2)n(C2CCCC2)n1. The molecule has 4 rings (SSSR count). The first-order valence-corrected chi connectivity index (χ1v) is 9.56. The van der Waals surface area contributed by atoms with Crippen molar-refractivity contribution >= 4 is 17.8 Å². The minimum absolute atomic E-state index is 0.130. The lowest BCUT2D eigenvalue weighted by Crippen LogP contribution is -2.51. The monoisotopic (exact) mass is 371 g/mol. The highest BCUT2D eigenvalue weighted by atomic mass is 16.3. The molecule has 2 aromatic rings. The van der Waals surface area contributed by atoms with Crippen molar-refractivity contribution in [1.82, 2.24) is 19.6 Å². The van der Waals surface area contributed by atoms with Crippen LogP contribution in [0.4, 0.5) is 10.6 Å². The first-order valence-electron chi connectivity index (χ1n) is 9.56. The summed E-state index contributed by atoms with van der Waals surface area (Å²) in [5.41, 5.74) is 0.908. The smallest absolute Gasteiger partial charge is 0.323 e. The van der Waals surface area contributed by atoms with E-state index in [2.05, 4.69) is 10.4 Å². The van der Waals surface area contributed by atoms with Crippen molar-refractivity contribution in [2.75, 3.05) is 31.5 Å². The Kier molecular flexibility index (Phi) is 4.87. The third-order valence-electron chi connectivity index (χ3n) is 5.35. The predicted octanol–water partition coefficient (Wildman–Crippen LogP) is 2.89. The molecular weight excluding hydrogens is 346 g/mol. The number of nitrogens with zero attached hydrogens (tertiary/aromatic N) is 4. The Bertz CT molecular complexity index is 799. The molecular formula is C19H25N5O3. The van der Waals surface area contributed by atoms with E-state index in [1.807, 2.05) is 17.7 Å². The molecule has 0 radical (unpaired) electrons. The van der Waals surface area contributed by atoms with Gasteiger partial charge in [0.1, 0.15) is 5.82 Å². The van der Waals surface area contributed by atoms with Gasteiger partial charge in [0.25, 0.3) is 5.91 Å². The van der Waals surface area contributed by atoms with Gasteiger partial charge in [-0.05, 0) is 31.9 Å². The fourth-order valence-corrected chi connectivity index (χ4v) is 3.89. The molecule has 1 aliphatic carbocycles. The van der Waals surface area contributed by atoms with E-state index in [4.69, 9.17) is 4.42 Å². The van der Waals surface area contributed by atoms with Crippen molar-refractivity contribution in [2.45, 2.75) is 38.6 Å². The molecule has 0 unspecified atom stereocenters. The summed E-state index contributed by atoms with van der Waals surface area (Å²) >= 11 is 0. The van der Waals surface area contributed by atoms with Gasteiger partial charge >= 0.3 is 6.03 Å². The van der Waals surface area contributed by atoms with Crippen molar-refractivity contribution in [3.63, 3.8) is 0 Å². The van der Waals surface area contributed by atoms with E-state index < -0.39 is 0 Å². The Morgan fingerprint density at radius 3 is 2.52 bits per heavy atom. The van der Waals surface area contributed by atoms with Crippen LogP contribution in [0.25, 0.3) is 0 Å². The second-order valence-electron chi connectivity index (χ2n) is 7.24. The number of anilines is 1. The molecule has 1 N–H and O–H groups in total. The zero-order chi connectivity index (χ0) is 18.8. The number of aromatic nitrogens is 2. The molecule has 2 aromatic heterocycles. The summed E-state index contributed by atoms with van der Waals surface area (Å²) in [6.45, 7) is 3.92. The number of hydrogen-bond donors (Lipinski definition) is 1. The summed E-state index contributed by atoms with van der Waals surface area (Å²) in [5.74, 6) is 0.970. The number of rotatable bonds is 3. The third kappa shape index (κ3) is 3.70. The van der Waals surface area contributed by atoms with E-state index in [9.17, 15) is 9.59 Å². The molecule has 0 bridgehead atoms. The van der Waals surface area contributed by atoms with E-state index in [-0.39, 0.29) is 11.9 Å². The number of furan rings is 1. The van der Waals surface area contributed by atoms with Gasteiger partial charge in [-0.2, -0.15) is 5.10 Å². The topological polar surface area (TPSA) is 83.6 Å². The lowest BCUT2D eigenvalue weighted by atomic mass is 10.2. The highest BCUT2D eigenvalue weighted by molar-refractivity contribution is 5.92. The van der Waals surface area contributed by atoms with E-state index in [0.29, 0.717) is 38.0 Å². The number of aryl methyl sites for hydroxylation is 1. The van der Waals surface area contributed by atoms with Crippen LogP contribution < -0.4 is 5.32 Å². The van der Waals surface area contributed by atoms with E-state index in [0.717, 1.165) is 24.4 Å². The van der Waals surface area contributed by atoms with Crippen LogP contribution in [-0.4, -0.2) is 57.7 Å². The van der Waals surface area contributed by atoms with Gasteiger partial charge in [0.05, 0.1) is 18.0 Å². The van der Waals surface area contributed by atoms with Gasteiger partial charge in [-0.1, -0.05) is 12.8 Å². The van der Waals surface area contributed by atoms with Crippen LogP contribution in [0.1, 0.15) is 48.0 Å². The summed E-state index contributed by atoms with van der Waals surface area (Å²) in [7, 11) is 0. The Labute approximate surface area is 158 Å². The molecule has 2 aliphatic rings. The minimum Gasteiger partial charge on any atom is -0.459 e. The molecule has 2 fully saturated rings. The van der Waals surface area contributed by atoms with Crippen molar-refractivity contribution in [3.8, 4) is 0 Å².